The van der Waals surface area contributed by atoms with Gasteiger partial charge in [0.25, 0.3) is 0 Å². The lowest BCUT2D eigenvalue weighted by Crippen LogP contribution is -2.41. The minimum absolute atomic E-state index is 0.0276. The molecule has 0 aliphatic rings. The Hall–Kier alpha value is -1.10. The van der Waals surface area contributed by atoms with Gasteiger partial charge in [-0.2, -0.15) is 0 Å². The third kappa shape index (κ3) is 7.23. The Kier molecular flexibility index (Phi) is 6.72. The fourth-order valence-electron chi connectivity index (χ4n) is 1.56. The first kappa shape index (κ1) is 14.9. The van der Waals surface area contributed by atoms with Crippen LogP contribution in [0, 0.1) is 11.8 Å². The van der Waals surface area contributed by atoms with E-state index < -0.39 is 12.0 Å². The fourth-order valence-corrected chi connectivity index (χ4v) is 1.56. The molecule has 94 valence electrons. The second-order valence-electron chi connectivity index (χ2n) is 4.63. The van der Waals surface area contributed by atoms with Crippen molar-refractivity contribution in [3.8, 4) is 0 Å². The summed E-state index contributed by atoms with van der Waals surface area (Å²) in [5.41, 5.74) is 5.40. The quantitative estimate of drug-likeness (QED) is 0.596. The molecule has 5 heteroatoms. The topological polar surface area (TPSA) is 92.4 Å². The molecule has 1 amide bonds. The smallest absolute Gasteiger partial charge is 0.303 e. The molecule has 0 aromatic heterocycles. The molecule has 0 bridgehead atoms. The van der Waals surface area contributed by atoms with Gasteiger partial charge in [-0.1, -0.05) is 13.8 Å². The summed E-state index contributed by atoms with van der Waals surface area (Å²) in [4.78, 5) is 21.9. The van der Waals surface area contributed by atoms with Gasteiger partial charge in [0.1, 0.15) is 0 Å². The predicted molar refractivity (Wildman–Crippen MR) is 61.9 cm³/mol. The minimum Gasteiger partial charge on any atom is -0.481 e. The average Bonchev–Trinajstić information content (AvgIpc) is 2.11. The molecule has 0 aliphatic heterocycles. The number of nitrogens with two attached hydrogens (primary N) is 1. The summed E-state index contributed by atoms with van der Waals surface area (Å²) in [7, 11) is 0. The monoisotopic (exact) mass is 230 g/mol. The number of carbonyl (C=O) groups excluding carboxylic acids is 1. The molecule has 0 aliphatic carbocycles. The molecule has 0 aromatic rings. The highest BCUT2D eigenvalue weighted by Gasteiger charge is 2.16. The van der Waals surface area contributed by atoms with Crippen molar-refractivity contribution in [2.75, 3.05) is 6.54 Å². The molecule has 0 spiro atoms. The lowest BCUT2D eigenvalue weighted by atomic mass is 9.94. The molecule has 0 aromatic carbocycles. The van der Waals surface area contributed by atoms with Crippen molar-refractivity contribution in [2.45, 2.75) is 39.7 Å². The molecule has 0 heterocycles. The highest BCUT2D eigenvalue weighted by Crippen LogP contribution is 2.14. The second-order valence-corrected chi connectivity index (χ2v) is 4.63. The molecule has 2 atom stereocenters. The molecular weight excluding hydrogens is 208 g/mol. The van der Waals surface area contributed by atoms with E-state index in [2.05, 4.69) is 5.32 Å². The molecule has 4 N–H and O–H groups in total. The number of carboxylic acids is 1. The summed E-state index contributed by atoms with van der Waals surface area (Å²) in [6, 6.07) is -0.551. The van der Waals surface area contributed by atoms with Gasteiger partial charge in [0.15, 0.2) is 0 Å². The Morgan fingerprint density at radius 3 is 2.25 bits per heavy atom. The van der Waals surface area contributed by atoms with Crippen LogP contribution in [0.2, 0.25) is 0 Å². The highest BCUT2D eigenvalue weighted by atomic mass is 16.4. The normalized spacial score (nSPS) is 14.6. The second kappa shape index (κ2) is 7.22. The number of carboxylic acid groups (broad SMARTS) is 1. The maximum Gasteiger partial charge on any atom is 0.303 e. The van der Waals surface area contributed by atoms with Crippen LogP contribution in [0.3, 0.4) is 0 Å². The van der Waals surface area contributed by atoms with E-state index in [4.69, 9.17) is 10.8 Å². The van der Waals surface area contributed by atoms with Crippen LogP contribution in [0.15, 0.2) is 0 Å². The zero-order valence-corrected chi connectivity index (χ0v) is 10.2. The van der Waals surface area contributed by atoms with Crippen LogP contribution in [0.5, 0.6) is 0 Å². The van der Waals surface area contributed by atoms with Gasteiger partial charge in [-0.3, -0.25) is 9.59 Å². The van der Waals surface area contributed by atoms with E-state index in [0.29, 0.717) is 12.5 Å². The first-order valence-electron chi connectivity index (χ1n) is 5.58. The zero-order valence-electron chi connectivity index (χ0n) is 10.2. The van der Waals surface area contributed by atoms with Crippen LogP contribution in [0.1, 0.15) is 33.6 Å². The summed E-state index contributed by atoms with van der Waals surface area (Å²) in [5, 5.41) is 11.4. The molecule has 0 saturated carbocycles. The van der Waals surface area contributed by atoms with Crippen LogP contribution >= 0.6 is 0 Å². The third-order valence-corrected chi connectivity index (χ3v) is 2.25. The van der Waals surface area contributed by atoms with Crippen LogP contribution < -0.4 is 11.1 Å². The van der Waals surface area contributed by atoms with Gasteiger partial charge < -0.3 is 16.2 Å². The Bertz CT molecular complexity index is 239. The Balaban J connectivity index is 4.10. The van der Waals surface area contributed by atoms with Crippen molar-refractivity contribution in [1.82, 2.24) is 5.32 Å². The number of hydrogen-bond donors (Lipinski definition) is 3. The molecule has 0 rings (SSSR count). The number of carbonyl (C=O) groups is 2. The van der Waals surface area contributed by atoms with E-state index in [1.54, 1.807) is 6.92 Å². The van der Waals surface area contributed by atoms with Gasteiger partial charge in [-0.05, 0) is 25.2 Å². The van der Waals surface area contributed by atoms with E-state index in [1.165, 1.54) is 0 Å². The number of aliphatic carboxylic acids is 1. The van der Waals surface area contributed by atoms with Gasteiger partial charge in [0, 0.05) is 13.0 Å². The van der Waals surface area contributed by atoms with Gasteiger partial charge in [-0.25, -0.2) is 0 Å². The van der Waals surface area contributed by atoms with Crippen LogP contribution in [0.25, 0.3) is 0 Å². The maximum atomic E-state index is 11.2. The molecular formula is C11H22N2O3. The SMILES string of the molecule is CC(C)C[C@H](CNC(=O)C(C)N)CC(=O)O. The van der Waals surface area contributed by atoms with Crippen molar-refractivity contribution in [3.63, 3.8) is 0 Å². The first-order valence-corrected chi connectivity index (χ1v) is 5.58. The van der Waals surface area contributed by atoms with E-state index in [-0.39, 0.29) is 18.2 Å². The maximum absolute atomic E-state index is 11.2. The molecule has 5 nitrogen and oxygen atoms in total. The molecule has 0 saturated heterocycles. The fraction of sp³-hybridized carbons (Fsp3) is 0.818. The predicted octanol–water partition coefficient (Wildman–Crippen LogP) is 0.587. The van der Waals surface area contributed by atoms with E-state index >= 15 is 0 Å². The summed E-state index contributed by atoms with van der Waals surface area (Å²) >= 11 is 0. The largest absolute Gasteiger partial charge is 0.481 e. The zero-order chi connectivity index (χ0) is 12.7. The van der Waals surface area contributed by atoms with Crippen molar-refractivity contribution >= 4 is 11.9 Å². The number of hydrogen-bond acceptors (Lipinski definition) is 3. The Labute approximate surface area is 96.4 Å². The number of nitrogens with one attached hydrogen (secondary N) is 1. The molecule has 0 fully saturated rings. The third-order valence-electron chi connectivity index (χ3n) is 2.25. The van der Waals surface area contributed by atoms with Crippen molar-refractivity contribution < 1.29 is 14.7 Å². The number of rotatable bonds is 7. The molecule has 16 heavy (non-hydrogen) atoms. The average molecular weight is 230 g/mol. The summed E-state index contributed by atoms with van der Waals surface area (Å²) in [6.45, 7) is 6.04. The summed E-state index contributed by atoms with van der Waals surface area (Å²) in [5.74, 6) is -0.684. The Morgan fingerprint density at radius 1 is 1.31 bits per heavy atom. The van der Waals surface area contributed by atoms with Crippen LogP contribution in [0.4, 0.5) is 0 Å². The van der Waals surface area contributed by atoms with Gasteiger partial charge >= 0.3 is 5.97 Å². The Morgan fingerprint density at radius 2 is 1.88 bits per heavy atom. The lowest BCUT2D eigenvalue weighted by molar-refractivity contribution is -0.138. The van der Waals surface area contributed by atoms with Gasteiger partial charge in [0.2, 0.25) is 5.91 Å². The summed E-state index contributed by atoms with van der Waals surface area (Å²) < 4.78 is 0. The van der Waals surface area contributed by atoms with E-state index in [9.17, 15) is 9.59 Å². The van der Waals surface area contributed by atoms with Crippen molar-refractivity contribution in [3.05, 3.63) is 0 Å². The molecule has 1 unspecified atom stereocenters. The number of amides is 1. The summed E-state index contributed by atoms with van der Waals surface area (Å²) in [6.07, 6.45) is 0.864. The molecule has 0 radical (unpaired) electrons. The van der Waals surface area contributed by atoms with E-state index in [1.807, 2.05) is 13.8 Å². The van der Waals surface area contributed by atoms with Crippen LogP contribution in [-0.4, -0.2) is 29.6 Å². The first-order chi connectivity index (χ1) is 7.32. The highest BCUT2D eigenvalue weighted by molar-refractivity contribution is 5.81. The minimum atomic E-state index is -0.833. The van der Waals surface area contributed by atoms with Gasteiger partial charge in [-0.15, -0.1) is 0 Å². The van der Waals surface area contributed by atoms with E-state index in [0.717, 1.165) is 6.42 Å². The van der Waals surface area contributed by atoms with Crippen molar-refractivity contribution in [2.24, 2.45) is 17.6 Å². The standard InChI is InChI=1S/C11H22N2O3/c1-7(2)4-9(5-10(14)15)6-13-11(16)8(3)12/h7-9H,4-6,12H2,1-3H3,(H,13,16)(H,14,15)/t8?,9-/m0/s1. The van der Waals surface area contributed by atoms with Crippen LogP contribution in [-0.2, 0) is 9.59 Å². The van der Waals surface area contributed by atoms with Gasteiger partial charge in [0.05, 0.1) is 6.04 Å². The van der Waals surface area contributed by atoms with Crippen molar-refractivity contribution in [1.29, 1.82) is 0 Å². The lowest BCUT2D eigenvalue weighted by Gasteiger charge is -2.18.